The number of aliphatic hydroxyl groups excluding tert-OH is 1. The van der Waals surface area contributed by atoms with Crippen LogP contribution in [0.15, 0.2) is 17.4 Å². The molecule has 2 aliphatic rings. The number of hydrogen-bond acceptors (Lipinski definition) is 10. The second-order valence-electron chi connectivity index (χ2n) is 5.50. The third kappa shape index (κ3) is 3.05. The molecule has 0 radical (unpaired) electrons. The van der Waals surface area contributed by atoms with E-state index in [-0.39, 0.29) is 11.2 Å². The van der Waals surface area contributed by atoms with E-state index in [1.165, 1.54) is 10.9 Å². The fraction of sp³-hybridized carbons (Fsp3) is 0.500. The first-order valence-corrected chi connectivity index (χ1v) is 10.1. The summed E-state index contributed by atoms with van der Waals surface area (Å²) in [4.78, 5) is 40.8. The van der Waals surface area contributed by atoms with Crippen molar-refractivity contribution in [1.29, 1.82) is 0 Å². The molecule has 2 aromatic heterocycles. The number of ether oxygens (including phenoxy) is 1. The third-order valence-corrected chi connectivity index (χ3v) is 6.45. The molecule has 142 valence electrons. The van der Waals surface area contributed by atoms with Crippen LogP contribution in [0.25, 0.3) is 11.2 Å². The smallest absolute Gasteiger partial charge is 0.386 e. The molecular formula is C10H12N4O10P2. The maximum Gasteiger partial charge on any atom is 0.481 e. The van der Waals surface area contributed by atoms with Crippen LogP contribution >= 0.6 is 15.6 Å². The second kappa shape index (κ2) is 6.02. The number of aliphatic hydroxyl groups is 1. The van der Waals surface area contributed by atoms with Gasteiger partial charge < -0.3 is 24.6 Å². The first kappa shape index (κ1) is 17.9. The van der Waals surface area contributed by atoms with Crippen LogP contribution in [0.4, 0.5) is 0 Å². The Balaban J connectivity index is 1.71. The van der Waals surface area contributed by atoms with Crippen molar-refractivity contribution in [3.8, 4) is 0 Å². The molecule has 26 heavy (non-hydrogen) atoms. The van der Waals surface area contributed by atoms with Crippen molar-refractivity contribution in [3.05, 3.63) is 23.0 Å². The number of H-pyrrole nitrogens is 1. The van der Waals surface area contributed by atoms with E-state index < -0.39 is 52.4 Å². The van der Waals surface area contributed by atoms with Crippen LogP contribution in [0.3, 0.4) is 0 Å². The predicted molar refractivity (Wildman–Crippen MR) is 79.6 cm³/mol. The fourth-order valence-electron chi connectivity index (χ4n) is 2.76. The van der Waals surface area contributed by atoms with Gasteiger partial charge in [-0.05, 0) is 0 Å². The fourth-order valence-corrected chi connectivity index (χ4v) is 5.05. The van der Waals surface area contributed by atoms with Gasteiger partial charge >= 0.3 is 15.6 Å². The highest BCUT2D eigenvalue weighted by Gasteiger charge is 2.53. The lowest BCUT2D eigenvalue weighted by Crippen LogP contribution is -2.37. The largest absolute Gasteiger partial charge is 0.481 e. The molecule has 14 nitrogen and oxygen atoms in total. The Kier molecular flexibility index (Phi) is 4.15. The highest BCUT2D eigenvalue weighted by molar-refractivity contribution is 7.61. The molecule has 2 aliphatic heterocycles. The molecule has 2 aromatic rings. The predicted octanol–water partition coefficient (Wildman–Crippen LogP) is -0.989. The molecular weight excluding hydrogens is 398 g/mol. The minimum atomic E-state index is -5.02. The van der Waals surface area contributed by atoms with Crippen LogP contribution in [0.5, 0.6) is 0 Å². The molecule has 2 saturated heterocycles. The van der Waals surface area contributed by atoms with Crippen molar-refractivity contribution in [2.24, 2.45) is 0 Å². The zero-order chi connectivity index (χ0) is 18.7. The van der Waals surface area contributed by atoms with Crippen LogP contribution in [0, 0.1) is 0 Å². The van der Waals surface area contributed by atoms with Crippen molar-refractivity contribution < 1.29 is 42.1 Å². The Morgan fingerprint density at radius 1 is 1.27 bits per heavy atom. The summed E-state index contributed by atoms with van der Waals surface area (Å²) in [5, 5.41) is 10.5. The van der Waals surface area contributed by atoms with E-state index in [4.69, 9.17) is 9.26 Å². The summed E-state index contributed by atoms with van der Waals surface area (Å²) in [5.41, 5.74) is -0.439. The normalized spacial score (nSPS) is 40.9. The monoisotopic (exact) mass is 410 g/mol. The minimum absolute atomic E-state index is 0.0131. The number of aromatic amines is 1. The van der Waals surface area contributed by atoms with E-state index >= 15 is 0 Å². The Morgan fingerprint density at radius 2 is 2.04 bits per heavy atom. The number of phosphoric ester groups is 2. The molecule has 2 fully saturated rings. The number of imidazole rings is 1. The van der Waals surface area contributed by atoms with Crippen LogP contribution in [-0.2, 0) is 27.2 Å². The number of hydrogen-bond donors (Lipinski definition) is 4. The van der Waals surface area contributed by atoms with Gasteiger partial charge in [0.1, 0.15) is 18.3 Å². The summed E-state index contributed by atoms with van der Waals surface area (Å²) in [5.74, 6) is 0. The zero-order valence-electron chi connectivity index (χ0n) is 12.6. The maximum atomic E-state index is 11.8. The van der Waals surface area contributed by atoms with Crippen LogP contribution < -0.4 is 5.56 Å². The third-order valence-electron chi connectivity index (χ3n) is 3.81. The highest BCUT2D eigenvalue weighted by Crippen LogP contribution is 2.63. The van der Waals surface area contributed by atoms with Gasteiger partial charge in [0.25, 0.3) is 5.56 Å². The van der Waals surface area contributed by atoms with Crippen LogP contribution in [0.2, 0.25) is 0 Å². The molecule has 4 heterocycles. The van der Waals surface area contributed by atoms with Gasteiger partial charge in [0.05, 0.1) is 19.3 Å². The first-order valence-electron chi connectivity index (χ1n) is 7.10. The Morgan fingerprint density at radius 3 is 2.81 bits per heavy atom. The van der Waals surface area contributed by atoms with Crippen molar-refractivity contribution in [1.82, 2.24) is 19.5 Å². The van der Waals surface area contributed by atoms with E-state index in [2.05, 4.69) is 23.8 Å². The number of aromatic nitrogens is 4. The Labute approximate surface area is 143 Å². The molecule has 0 saturated carbocycles. The molecule has 2 unspecified atom stereocenters. The number of phosphoric acid groups is 2. The number of fused-ring (bicyclic) bond motifs is 2. The Bertz CT molecular complexity index is 1010. The topological polar surface area (TPSA) is 195 Å². The SMILES string of the molecule is O=c1[nH]cnc2c1ncn2[C@@H]1O[C@@H]2COP(=O)(O)OP(=O)(O)O[C@H]2[C@H]1O. The summed E-state index contributed by atoms with van der Waals surface area (Å²) in [6.07, 6.45) is -3.03. The van der Waals surface area contributed by atoms with Gasteiger partial charge in [-0.25, -0.2) is 19.1 Å². The first-order chi connectivity index (χ1) is 12.2. The van der Waals surface area contributed by atoms with E-state index in [1.54, 1.807) is 0 Å². The van der Waals surface area contributed by atoms with E-state index in [9.17, 15) is 28.8 Å². The van der Waals surface area contributed by atoms with Crippen molar-refractivity contribution in [2.45, 2.75) is 24.5 Å². The Hall–Kier alpha value is -1.47. The average Bonchev–Trinajstić information content (AvgIpc) is 3.07. The van der Waals surface area contributed by atoms with Gasteiger partial charge in [-0.2, -0.15) is 4.31 Å². The second-order valence-corrected chi connectivity index (χ2v) is 8.49. The van der Waals surface area contributed by atoms with Crippen LogP contribution in [-0.4, -0.2) is 59.3 Å². The average molecular weight is 410 g/mol. The maximum absolute atomic E-state index is 11.8. The molecule has 16 heteroatoms. The van der Waals surface area contributed by atoms with E-state index in [0.29, 0.717) is 0 Å². The van der Waals surface area contributed by atoms with Gasteiger partial charge in [-0.1, -0.05) is 0 Å². The summed E-state index contributed by atoms with van der Waals surface area (Å²) in [6, 6.07) is 0. The van der Waals surface area contributed by atoms with Gasteiger partial charge in [0, 0.05) is 0 Å². The summed E-state index contributed by atoms with van der Waals surface area (Å²) in [7, 11) is -9.87. The molecule has 0 spiro atoms. The zero-order valence-corrected chi connectivity index (χ0v) is 14.4. The number of nitrogens with one attached hydrogen (secondary N) is 1. The van der Waals surface area contributed by atoms with Crippen LogP contribution in [0.1, 0.15) is 6.23 Å². The van der Waals surface area contributed by atoms with Gasteiger partial charge in [0.15, 0.2) is 17.4 Å². The molecule has 0 aromatic carbocycles. The van der Waals surface area contributed by atoms with Crippen molar-refractivity contribution in [3.63, 3.8) is 0 Å². The van der Waals surface area contributed by atoms with Gasteiger partial charge in [-0.15, -0.1) is 0 Å². The summed E-state index contributed by atoms with van der Waals surface area (Å²) < 4.78 is 43.6. The van der Waals surface area contributed by atoms with Crippen molar-refractivity contribution in [2.75, 3.05) is 6.61 Å². The lowest BCUT2D eigenvalue weighted by Gasteiger charge is -2.27. The van der Waals surface area contributed by atoms with Crippen molar-refractivity contribution >= 4 is 26.8 Å². The minimum Gasteiger partial charge on any atom is -0.386 e. The highest BCUT2D eigenvalue weighted by atomic mass is 31.3. The molecule has 4 N–H and O–H groups in total. The van der Waals surface area contributed by atoms with E-state index in [1.807, 2.05) is 0 Å². The quantitative estimate of drug-likeness (QED) is 0.420. The number of rotatable bonds is 1. The standard InChI is InChI=1S/C10H12N4O10P2/c15-6-7-4(1-21-25(17,18)24-26(19,20)23-7)22-10(6)14-3-13-5-8(14)11-2-12-9(5)16/h2-4,6-7,10,15H,1H2,(H,17,18)(H,19,20)(H,11,12,16)/t4-,6-,7-,10-/m1/s1. The molecule has 0 bridgehead atoms. The molecule has 6 atom stereocenters. The molecule has 0 amide bonds. The summed E-state index contributed by atoms with van der Waals surface area (Å²) in [6.45, 7) is -0.563. The lowest BCUT2D eigenvalue weighted by molar-refractivity contribution is -0.0531. The van der Waals surface area contributed by atoms with Gasteiger partial charge in [-0.3, -0.25) is 18.4 Å². The summed E-state index contributed by atoms with van der Waals surface area (Å²) >= 11 is 0. The van der Waals surface area contributed by atoms with Gasteiger partial charge in [0.2, 0.25) is 0 Å². The molecule has 0 aliphatic carbocycles. The number of nitrogens with zero attached hydrogens (tertiary/aromatic N) is 3. The van der Waals surface area contributed by atoms with E-state index in [0.717, 1.165) is 6.33 Å². The lowest BCUT2D eigenvalue weighted by atomic mass is 10.1. The molecule has 4 rings (SSSR count).